The summed E-state index contributed by atoms with van der Waals surface area (Å²) in [6, 6.07) is 2.93. The molecule has 11 N–H and O–H groups in total. The van der Waals surface area contributed by atoms with Gasteiger partial charge in [-0.3, -0.25) is 0 Å². The van der Waals surface area contributed by atoms with Crippen LogP contribution < -0.4 is 11.1 Å². The number of aromatic hydroxyl groups is 1. The van der Waals surface area contributed by atoms with E-state index in [-0.39, 0.29) is 17.9 Å². The number of quaternary nitrogens is 1. The Balaban J connectivity index is 1.60. The number of aliphatic hydroxyl groups excluding tert-OH is 6. The number of rotatable bonds is 9. The van der Waals surface area contributed by atoms with Crippen LogP contribution in [0.25, 0.3) is 0 Å². The van der Waals surface area contributed by atoms with Crippen molar-refractivity contribution in [1.82, 2.24) is 0 Å². The fourth-order valence-corrected chi connectivity index (χ4v) is 4.24. The highest BCUT2D eigenvalue weighted by molar-refractivity contribution is 5.93. The maximum atomic E-state index is 12.5. The average molecular weight is 550 g/mol. The van der Waals surface area contributed by atoms with Crippen molar-refractivity contribution in [3.63, 3.8) is 0 Å². The van der Waals surface area contributed by atoms with Crippen LogP contribution in [0, 0.1) is 5.92 Å². The first kappa shape index (κ1) is 29.9. The summed E-state index contributed by atoms with van der Waals surface area (Å²) in [6.07, 6.45) is -13.0. The minimum absolute atomic E-state index is 0.168. The Morgan fingerprint density at radius 1 is 1.03 bits per heavy atom. The highest BCUT2D eigenvalue weighted by Gasteiger charge is 2.50. The first-order valence-corrected chi connectivity index (χ1v) is 11.7. The standard InChI is InChI=1S/C22H32N2O14/c1-24-13-10(14(27)12(5-25)37-20(13)32)6-34-22-17(30)15(28)16(29)18(38-22)21(33)36-7-35-19(31)9-4-8(23)2-3-11(9)26/h2-4,10,12-18,20,22,24-30,32H,5-7,23H2,1H3/p+1/t10-,12?,13?,14-,15+,16-,17?,18?,20-,22-/m1/s1. The third-order valence-corrected chi connectivity index (χ3v) is 6.41. The summed E-state index contributed by atoms with van der Waals surface area (Å²) >= 11 is 0. The number of nitrogens with two attached hydrogens (primary N) is 2. The minimum atomic E-state index is -1.95. The van der Waals surface area contributed by atoms with E-state index >= 15 is 0 Å². The molecule has 2 fully saturated rings. The fraction of sp³-hybridized carbons (Fsp3) is 0.636. The van der Waals surface area contributed by atoms with E-state index in [1.54, 1.807) is 12.4 Å². The number of ether oxygens (including phenoxy) is 5. The summed E-state index contributed by atoms with van der Waals surface area (Å²) in [5.41, 5.74) is 5.44. The molecule has 0 saturated carbocycles. The van der Waals surface area contributed by atoms with Gasteiger partial charge < -0.3 is 70.5 Å². The van der Waals surface area contributed by atoms with Gasteiger partial charge in [-0.1, -0.05) is 0 Å². The van der Waals surface area contributed by atoms with Gasteiger partial charge in [0.1, 0.15) is 41.8 Å². The highest BCUT2D eigenvalue weighted by atomic mass is 16.7. The number of esters is 2. The highest BCUT2D eigenvalue weighted by Crippen LogP contribution is 2.28. The zero-order chi connectivity index (χ0) is 28.1. The molecule has 16 nitrogen and oxygen atoms in total. The van der Waals surface area contributed by atoms with Gasteiger partial charge in [0.25, 0.3) is 0 Å². The van der Waals surface area contributed by atoms with Crippen LogP contribution in [0.4, 0.5) is 5.69 Å². The minimum Gasteiger partial charge on any atom is -0.507 e. The topological polar surface area (TPSA) is 265 Å². The van der Waals surface area contributed by atoms with Crippen molar-refractivity contribution in [2.45, 2.75) is 55.2 Å². The average Bonchev–Trinajstić information content (AvgIpc) is 2.89. The molecule has 1 aromatic carbocycles. The van der Waals surface area contributed by atoms with E-state index in [9.17, 15) is 45.3 Å². The maximum Gasteiger partial charge on any atom is 0.344 e. The van der Waals surface area contributed by atoms with Crippen LogP contribution >= 0.6 is 0 Å². The van der Waals surface area contributed by atoms with Crippen LogP contribution in [0.1, 0.15) is 10.4 Å². The van der Waals surface area contributed by atoms with Crippen molar-refractivity contribution in [3.05, 3.63) is 23.8 Å². The Hall–Kier alpha value is -2.64. The molecule has 2 saturated heterocycles. The summed E-state index contributed by atoms with van der Waals surface area (Å²) in [6.45, 7) is -1.92. The number of benzene rings is 1. The number of phenols is 1. The molecule has 0 aliphatic carbocycles. The molecule has 4 unspecified atom stereocenters. The molecule has 1 aromatic rings. The van der Waals surface area contributed by atoms with Crippen LogP contribution in [0.3, 0.4) is 0 Å². The van der Waals surface area contributed by atoms with Crippen molar-refractivity contribution in [1.29, 1.82) is 0 Å². The summed E-state index contributed by atoms with van der Waals surface area (Å²) in [5.74, 6) is -3.60. The molecule has 16 heteroatoms. The summed E-state index contributed by atoms with van der Waals surface area (Å²) < 4.78 is 25.5. The van der Waals surface area contributed by atoms with E-state index < -0.39 is 92.3 Å². The predicted octanol–water partition coefficient (Wildman–Crippen LogP) is -5.30. The second-order valence-corrected chi connectivity index (χ2v) is 8.83. The van der Waals surface area contributed by atoms with Gasteiger partial charge >= 0.3 is 11.9 Å². The van der Waals surface area contributed by atoms with Gasteiger partial charge in [0.05, 0.1) is 32.3 Å². The number of likely N-dealkylation sites (N-methyl/N-ethyl adjacent to an activating group) is 1. The van der Waals surface area contributed by atoms with Crippen molar-refractivity contribution in [3.8, 4) is 5.75 Å². The predicted molar refractivity (Wildman–Crippen MR) is 121 cm³/mol. The van der Waals surface area contributed by atoms with E-state index in [2.05, 4.69) is 0 Å². The number of carbonyl (C=O) groups is 2. The van der Waals surface area contributed by atoms with Crippen LogP contribution in [0.15, 0.2) is 18.2 Å². The van der Waals surface area contributed by atoms with E-state index in [4.69, 9.17) is 29.4 Å². The van der Waals surface area contributed by atoms with Crippen molar-refractivity contribution < 1.29 is 74.3 Å². The molecule has 2 aliphatic heterocycles. The Kier molecular flexibility index (Phi) is 10.2. The summed E-state index contributed by atoms with van der Waals surface area (Å²) in [4.78, 5) is 24.6. The molecule has 3 rings (SSSR count). The normalized spacial score (nSPS) is 35.4. The van der Waals surface area contributed by atoms with Gasteiger partial charge in [0.15, 0.2) is 12.4 Å². The number of phenolic OH excluding ortho intramolecular Hbond substituents is 1. The summed E-state index contributed by atoms with van der Waals surface area (Å²) in [5, 5.41) is 72.1. The van der Waals surface area contributed by atoms with Crippen molar-refractivity contribution >= 4 is 17.6 Å². The van der Waals surface area contributed by atoms with Crippen LogP contribution in [0.2, 0.25) is 0 Å². The Morgan fingerprint density at radius 3 is 2.39 bits per heavy atom. The molecular weight excluding hydrogens is 516 g/mol. The lowest BCUT2D eigenvalue weighted by atomic mass is 9.88. The van der Waals surface area contributed by atoms with Crippen LogP contribution in [-0.2, 0) is 28.5 Å². The zero-order valence-corrected chi connectivity index (χ0v) is 20.3. The Bertz CT molecular complexity index is 966. The second-order valence-electron chi connectivity index (χ2n) is 8.83. The first-order valence-electron chi connectivity index (χ1n) is 11.7. The lowest BCUT2D eigenvalue weighted by molar-refractivity contribution is -0.694. The van der Waals surface area contributed by atoms with Crippen LogP contribution in [-0.4, -0.2) is 130 Å². The van der Waals surface area contributed by atoms with E-state index in [1.807, 2.05) is 0 Å². The molecule has 38 heavy (non-hydrogen) atoms. The molecule has 10 atom stereocenters. The molecule has 2 heterocycles. The van der Waals surface area contributed by atoms with Gasteiger partial charge in [-0.05, 0) is 18.2 Å². The van der Waals surface area contributed by atoms with Crippen molar-refractivity contribution in [2.24, 2.45) is 5.92 Å². The van der Waals surface area contributed by atoms with Crippen molar-refractivity contribution in [2.75, 3.05) is 32.8 Å². The lowest BCUT2D eigenvalue weighted by Gasteiger charge is -2.42. The molecular formula is C22H33N2O14+. The molecule has 0 aromatic heterocycles. The second kappa shape index (κ2) is 12.9. The number of hydrogen-bond acceptors (Lipinski definition) is 15. The Labute approximate surface area is 216 Å². The number of hydrogen-bond donors (Lipinski definition) is 9. The molecule has 2 aliphatic rings. The number of nitrogen functional groups attached to an aromatic ring is 1. The van der Waals surface area contributed by atoms with E-state index in [0.29, 0.717) is 0 Å². The van der Waals surface area contributed by atoms with E-state index in [0.717, 1.165) is 6.07 Å². The lowest BCUT2D eigenvalue weighted by Crippen LogP contribution is -2.93. The first-order chi connectivity index (χ1) is 18.0. The van der Waals surface area contributed by atoms with Crippen LogP contribution in [0.5, 0.6) is 5.75 Å². The molecule has 0 amide bonds. The summed E-state index contributed by atoms with van der Waals surface area (Å²) in [7, 11) is 1.61. The molecule has 214 valence electrons. The maximum absolute atomic E-state index is 12.5. The Morgan fingerprint density at radius 2 is 1.74 bits per heavy atom. The van der Waals surface area contributed by atoms with Gasteiger partial charge in [-0.2, -0.15) is 0 Å². The number of carbonyl (C=O) groups excluding carboxylic acids is 2. The molecule has 0 radical (unpaired) electrons. The molecule has 0 spiro atoms. The smallest absolute Gasteiger partial charge is 0.344 e. The van der Waals surface area contributed by atoms with Gasteiger partial charge in [-0.25, -0.2) is 9.59 Å². The van der Waals surface area contributed by atoms with Gasteiger partial charge in [0.2, 0.25) is 13.1 Å². The monoisotopic (exact) mass is 549 g/mol. The SMILES string of the molecule is C[NH2+]C1[C@H](O)OC(CO)[C@H](O)[C@@H]1CO[C@@H]1OC(C(=O)OCOC(=O)c2cc(N)ccc2O)[C@H](O)[C@H](O)C1O. The third-order valence-electron chi connectivity index (χ3n) is 6.41. The quantitative estimate of drug-likeness (QED) is 0.0602. The molecule has 0 bridgehead atoms. The number of anilines is 1. The van der Waals surface area contributed by atoms with E-state index in [1.165, 1.54) is 12.1 Å². The fourth-order valence-electron chi connectivity index (χ4n) is 4.24. The largest absolute Gasteiger partial charge is 0.507 e. The van der Waals surface area contributed by atoms with Gasteiger partial charge in [-0.15, -0.1) is 0 Å². The zero-order valence-electron chi connectivity index (χ0n) is 20.3. The van der Waals surface area contributed by atoms with Gasteiger partial charge in [0, 0.05) is 5.69 Å². The third kappa shape index (κ3) is 6.49. The number of aliphatic hydroxyl groups is 6.